The van der Waals surface area contributed by atoms with Crippen molar-refractivity contribution in [1.29, 1.82) is 0 Å². The summed E-state index contributed by atoms with van der Waals surface area (Å²) in [6.07, 6.45) is -3.97. The number of aliphatic hydroxyl groups is 1. The van der Waals surface area contributed by atoms with Crippen molar-refractivity contribution in [2.45, 2.75) is 32.0 Å². The molecule has 134 valence electrons. The van der Waals surface area contributed by atoms with Gasteiger partial charge < -0.3 is 10.0 Å². The largest absolute Gasteiger partial charge is 0.416 e. The molecular weight excluding hydrogens is 321 g/mol. The Morgan fingerprint density at radius 2 is 1.75 bits per heavy atom. The maximum absolute atomic E-state index is 12.8. The van der Waals surface area contributed by atoms with Gasteiger partial charge in [-0.1, -0.05) is 19.1 Å². The first-order valence-electron chi connectivity index (χ1n) is 8.04. The number of rotatable bonds is 4. The van der Waals surface area contributed by atoms with Crippen molar-refractivity contribution in [3.05, 3.63) is 35.4 Å². The molecule has 0 spiro atoms. The number of alkyl halides is 3. The van der Waals surface area contributed by atoms with Crippen molar-refractivity contribution in [3.63, 3.8) is 0 Å². The van der Waals surface area contributed by atoms with E-state index >= 15 is 0 Å². The van der Waals surface area contributed by atoms with Crippen LogP contribution in [0.4, 0.5) is 13.2 Å². The van der Waals surface area contributed by atoms with Gasteiger partial charge in [0.05, 0.1) is 11.2 Å². The minimum absolute atomic E-state index is 0.0966. The van der Waals surface area contributed by atoms with Crippen LogP contribution in [0, 0.1) is 0 Å². The van der Waals surface area contributed by atoms with Crippen molar-refractivity contribution < 1.29 is 23.1 Å². The SMILES string of the molecule is CCC(=O)N1CCN(CC(C)(O)c2cccc(C(F)(F)F)c2)CC1. The molecule has 0 radical (unpaired) electrons. The number of β-amino-alcohol motifs (C(OH)–C–C–N with tert-alkyl or cyclic N) is 1. The maximum Gasteiger partial charge on any atom is 0.416 e. The summed E-state index contributed by atoms with van der Waals surface area (Å²) in [4.78, 5) is 15.4. The van der Waals surface area contributed by atoms with Crippen molar-refractivity contribution in [2.75, 3.05) is 32.7 Å². The maximum atomic E-state index is 12.8. The highest BCUT2D eigenvalue weighted by Crippen LogP contribution is 2.32. The van der Waals surface area contributed by atoms with Gasteiger partial charge in [-0.2, -0.15) is 13.2 Å². The predicted octanol–water partition coefficient (Wildman–Crippen LogP) is 2.47. The zero-order chi connectivity index (χ0) is 18.0. The van der Waals surface area contributed by atoms with Crippen LogP contribution >= 0.6 is 0 Å². The van der Waals surface area contributed by atoms with Gasteiger partial charge in [0.15, 0.2) is 0 Å². The van der Waals surface area contributed by atoms with Crippen molar-refractivity contribution in [2.24, 2.45) is 0 Å². The molecule has 1 unspecified atom stereocenters. The van der Waals surface area contributed by atoms with E-state index in [1.807, 2.05) is 11.8 Å². The summed E-state index contributed by atoms with van der Waals surface area (Å²) < 4.78 is 38.5. The van der Waals surface area contributed by atoms with Gasteiger partial charge in [-0.25, -0.2) is 0 Å². The molecule has 1 fully saturated rings. The molecule has 4 nitrogen and oxygen atoms in total. The van der Waals surface area contributed by atoms with Crippen molar-refractivity contribution in [1.82, 2.24) is 9.80 Å². The molecule has 1 atom stereocenters. The topological polar surface area (TPSA) is 43.8 Å². The zero-order valence-electron chi connectivity index (χ0n) is 13.9. The van der Waals surface area contributed by atoms with Crippen LogP contribution in [0.1, 0.15) is 31.4 Å². The van der Waals surface area contributed by atoms with Crippen LogP contribution in [0.25, 0.3) is 0 Å². The second-order valence-electron chi connectivity index (χ2n) is 6.36. The number of amides is 1. The van der Waals surface area contributed by atoms with Crippen LogP contribution in [0.5, 0.6) is 0 Å². The number of hydrogen-bond acceptors (Lipinski definition) is 3. The first-order chi connectivity index (χ1) is 11.1. The molecule has 1 aromatic rings. The van der Waals surface area contributed by atoms with Crippen LogP contribution in [0.2, 0.25) is 0 Å². The molecule has 0 aromatic heterocycles. The number of carbonyl (C=O) groups excluding carboxylic acids is 1. The molecule has 1 amide bonds. The number of benzene rings is 1. The van der Waals surface area contributed by atoms with Crippen LogP contribution in [0.15, 0.2) is 24.3 Å². The number of piperazine rings is 1. The highest BCUT2D eigenvalue weighted by molar-refractivity contribution is 5.75. The van der Waals surface area contributed by atoms with E-state index in [-0.39, 0.29) is 18.0 Å². The first kappa shape index (κ1) is 18.7. The molecule has 1 N–H and O–H groups in total. The quantitative estimate of drug-likeness (QED) is 0.913. The summed E-state index contributed by atoms with van der Waals surface area (Å²) in [5.41, 5.74) is -1.92. The monoisotopic (exact) mass is 344 g/mol. The Morgan fingerprint density at radius 1 is 1.17 bits per heavy atom. The summed E-state index contributed by atoms with van der Waals surface area (Å²) in [7, 11) is 0. The second-order valence-corrected chi connectivity index (χ2v) is 6.36. The smallest absolute Gasteiger partial charge is 0.384 e. The van der Waals surface area contributed by atoms with Crippen LogP contribution in [0.3, 0.4) is 0 Å². The molecule has 0 aliphatic carbocycles. The Kier molecular flexibility index (Phi) is 5.55. The van der Waals surface area contributed by atoms with Gasteiger partial charge in [0.25, 0.3) is 0 Å². The Morgan fingerprint density at radius 3 is 2.29 bits per heavy atom. The van der Waals surface area contributed by atoms with Gasteiger partial charge in [-0.05, 0) is 24.6 Å². The van der Waals surface area contributed by atoms with Crippen LogP contribution < -0.4 is 0 Å². The van der Waals surface area contributed by atoms with Gasteiger partial charge in [0, 0.05) is 39.1 Å². The summed E-state index contributed by atoms with van der Waals surface area (Å²) in [5.74, 6) is 0.0966. The van der Waals surface area contributed by atoms with E-state index < -0.39 is 17.3 Å². The third kappa shape index (κ3) is 4.48. The van der Waals surface area contributed by atoms with Crippen LogP contribution in [-0.2, 0) is 16.6 Å². The molecule has 1 aliphatic rings. The molecule has 0 bridgehead atoms. The van der Waals surface area contributed by atoms with E-state index in [1.165, 1.54) is 19.1 Å². The average Bonchev–Trinajstić information content (AvgIpc) is 2.54. The zero-order valence-corrected chi connectivity index (χ0v) is 13.9. The number of halogens is 3. The van der Waals surface area contributed by atoms with E-state index in [9.17, 15) is 23.1 Å². The molecule has 0 saturated carbocycles. The first-order valence-corrected chi connectivity index (χ1v) is 8.04. The Balaban J connectivity index is 2.03. The van der Waals surface area contributed by atoms with Gasteiger partial charge in [0.1, 0.15) is 0 Å². The lowest BCUT2D eigenvalue weighted by atomic mass is 9.93. The minimum Gasteiger partial charge on any atom is -0.384 e. The highest BCUT2D eigenvalue weighted by atomic mass is 19.4. The lowest BCUT2D eigenvalue weighted by molar-refractivity contribution is -0.137. The molecular formula is C17H23F3N2O2. The molecule has 1 aliphatic heterocycles. The van der Waals surface area contributed by atoms with E-state index in [0.717, 1.165) is 12.1 Å². The fourth-order valence-corrected chi connectivity index (χ4v) is 2.94. The third-order valence-electron chi connectivity index (χ3n) is 4.37. The van der Waals surface area contributed by atoms with Crippen molar-refractivity contribution >= 4 is 5.91 Å². The Labute approximate surface area is 139 Å². The van der Waals surface area contributed by atoms with Gasteiger partial charge in [-0.3, -0.25) is 9.69 Å². The van der Waals surface area contributed by atoms with Crippen LogP contribution in [-0.4, -0.2) is 53.5 Å². The minimum atomic E-state index is -4.43. The molecule has 2 rings (SSSR count). The number of hydrogen-bond donors (Lipinski definition) is 1. The van der Waals surface area contributed by atoms with E-state index in [2.05, 4.69) is 0 Å². The highest BCUT2D eigenvalue weighted by Gasteiger charge is 2.34. The summed E-state index contributed by atoms with van der Waals surface area (Å²) in [6, 6.07) is 4.81. The summed E-state index contributed by atoms with van der Waals surface area (Å²) in [6.45, 7) is 5.90. The number of carbonyl (C=O) groups is 1. The van der Waals surface area contributed by atoms with E-state index in [0.29, 0.717) is 32.6 Å². The van der Waals surface area contributed by atoms with E-state index in [1.54, 1.807) is 4.90 Å². The summed E-state index contributed by atoms with van der Waals surface area (Å²) >= 11 is 0. The van der Waals surface area contributed by atoms with Gasteiger partial charge in [-0.15, -0.1) is 0 Å². The Hall–Kier alpha value is -1.60. The Bertz CT molecular complexity index is 579. The third-order valence-corrected chi connectivity index (χ3v) is 4.37. The molecule has 1 saturated heterocycles. The molecule has 1 aromatic carbocycles. The standard InChI is InChI=1S/C17H23F3N2O2/c1-3-15(23)22-9-7-21(8-10-22)12-16(2,24)13-5-4-6-14(11-13)17(18,19)20/h4-6,11,24H,3,7-10,12H2,1-2H3. The normalized spacial score (nSPS) is 19.2. The lowest BCUT2D eigenvalue weighted by Crippen LogP contribution is -2.51. The fourth-order valence-electron chi connectivity index (χ4n) is 2.94. The predicted molar refractivity (Wildman–Crippen MR) is 84.3 cm³/mol. The molecule has 7 heteroatoms. The van der Waals surface area contributed by atoms with Gasteiger partial charge in [0.2, 0.25) is 5.91 Å². The lowest BCUT2D eigenvalue weighted by Gasteiger charge is -2.38. The second kappa shape index (κ2) is 7.11. The number of nitrogens with zero attached hydrogens (tertiary/aromatic N) is 2. The van der Waals surface area contributed by atoms with Gasteiger partial charge >= 0.3 is 6.18 Å². The summed E-state index contributed by atoms with van der Waals surface area (Å²) in [5, 5.41) is 10.7. The average molecular weight is 344 g/mol. The molecule has 24 heavy (non-hydrogen) atoms. The van der Waals surface area contributed by atoms with E-state index in [4.69, 9.17) is 0 Å². The molecule has 1 heterocycles. The van der Waals surface area contributed by atoms with Crippen molar-refractivity contribution in [3.8, 4) is 0 Å². The fraction of sp³-hybridized carbons (Fsp3) is 0.588.